The second-order valence-electron chi connectivity index (χ2n) is 3.74. The number of amides is 1. The molecule has 0 fully saturated rings. The minimum atomic E-state index is -0.547. The molecule has 1 rings (SSSR count). The molecule has 0 bridgehead atoms. The van der Waals surface area contributed by atoms with Gasteiger partial charge in [0.2, 0.25) is 0 Å². The van der Waals surface area contributed by atoms with Crippen LogP contribution in [0.4, 0.5) is 0 Å². The Morgan fingerprint density at radius 1 is 1.18 bits per heavy atom. The number of carbonyl (C=O) groups is 2. The number of unbranched alkanes of at least 4 members (excludes halogenated alkanes) is 2. The fourth-order valence-electron chi connectivity index (χ4n) is 1.32. The van der Waals surface area contributed by atoms with Gasteiger partial charge in [0.15, 0.2) is 0 Å². The Hall–Kier alpha value is -1.84. The number of hydrogen-bond acceptors (Lipinski definition) is 3. The third kappa shape index (κ3) is 5.15. The van der Waals surface area contributed by atoms with Gasteiger partial charge in [0.05, 0.1) is 5.56 Å². The van der Waals surface area contributed by atoms with Gasteiger partial charge in [-0.15, -0.1) is 0 Å². The van der Waals surface area contributed by atoms with Crippen LogP contribution in [0.3, 0.4) is 0 Å². The molecular formula is C13H17NO3. The van der Waals surface area contributed by atoms with Crippen molar-refractivity contribution in [3.63, 3.8) is 0 Å². The number of rotatable bonds is 5. The summed E-state index contributed by atoms with van der Waals surface area (Å²) < 4.78 is 0. The molecule has 0 aromatic heterocycles. The van der Waals surface area contributed by atoms with E-state index in [2.05, 4.69) is 17.2 Å². The van der Waals surface area contributed by atoms with Gasteiger partial charge in [-0.25, -0.2) is 4.79 Å². The second-order valence-corrected chi connectivity index (χ2v) is 3.74. The molecule has 0 saturated heterocycles. The van der Waals surface area contributed by atoms with E-state index in [-0.39, 0.29) is 5.91 Å². The summed E-state index contributed by atoms with van der Waals surface area (Å²) in [6.07, 6.45) is 3.25. The molecule has 0 heterocycles. The molecule has 1 aromatic rings. The smallest absolute Gasteiger partial charge is 0.335 e. The predicted molar refractivity (Wildman–Crippen MR) is 64.1 cm³/mol. The highest BCUT2D eigenvalue weighted by atomic mass is 16.7. The van der Waals surface area contributed by atoms with Crippen LogP contribution in [0, 0.1) is 0 Å². The monoisotopic (exact) mass is 235 g/mol. The average Bonchev–Trinajstić information content (AvgIpc) is 2.37. The molecule has 0 spiro atoms. The van der Waals surface area contributed by atoms with Gasteiger partial charge >= 0.3 is 5.97 Å². The first-order chi connectivity index (χ1) is 8.24. The fraction of sp³-hybridized carbons (Fsp3) is 0.385. The van der Waals surface area contributed by atoms with E-state index in [0.29, 0.717) is 12.0 Å². The Balaban J connectivity index is 2.26. The van der Waals surface area contributed by atoms with Crippen LogP contribution in [0.25, 0.3) is 0 Å². The largest absolute Gasteiger partial charge is 0.362 e. The highest BCUT2D eigenvalue weighted by molar-refractivity contribution is 5.90. The summed E-state index contributed by atoms with van der Waals surface area (Å²) in [6.45, 7) is 2.06. The maximum atomic E-state index is 11.4. The Labute approximate surface area is 101 Å². The van der Waals surface area contributed by atoms with Crippen LogP contribution in [0.15, 0.2) is 30.3 Å². The first-order valence-electron chi connectivity index (χ1n) is 5.79. The van der Waals surface area contributed by atoms with Gasteiger partial charge in [-0.3, -0.25) is 4.79 Å². The lowest BCUT2D eigenvalue weighted by Crippen LogP contribution is -2.26. The number of nitrogens with one attached hydrogen (secondary N) is 1. The van der Waals surface area contributed by atoms with E-state index in [9.17, 15) is 9.59 Å². The van der Waals surface area contributed by atoms with Crippen molar-refractivity contribution in [1.29, 1.82) is 0 Å². The van der Waals surface area contributed by atoms with Crippen LogP contribution in [0.2, 0.25) is 0 Å². The van der Waals surface area contributed by atoms with E-state index in [1.54, 1.807) is 30.3 Å². The Bertz CT molecular complexity index is 362. The molecule has 4 heteroatoms. The number of hydrogen-bond donors (Lipinski definition) is 1. The molecule has 0 unspecified atom stereocenters. The molecule has 0 aliphatic carbocycles. The third-order valence-corrected chi connectivity index (χ3v) is 2.27. The summed E-state index contributed by atoms with van der Waals surface area (Å²) in [7, 11) is 0. The zero-order chi connectivity index (χ0) is 12.5. The Kier molecular flexibility index (Phi) is 5.79. The van der Waals surface area contributed by atoms with Gasteiger partial charge in [-0.2, -0.15) is 5.48 Å². The van der Waals surface area contributed by atoms with E-state index in [4.69, 9.17) is 0 Å². The Morgan fingerprint density at radius 2 is 1.88 bits per heavy atom. The van der Waals surface area contributed by atoms with Crippen molar-refractivity contribution < 1.29 is 14.4 Å². The molecule has 4 nitrogen and oxygen atoms in total. The molecule has 92 valence electrons. The number of hydroxylamine groups is 1. The number of carbonyl (C=O) groups excluding carboxylic acids is 2. The van der Waals surface area contributed by atoms with Gasteiger partial charge < -0.3 is 4.84 Å². The minimum absolute atomic E-state index is 0.261. The zero-order valence-corrected chi connectivity index (χ0v) is 9.94. The van der Waals surface area contributed by atoms with E-state index >= 15 is 0 Å². The van der Waals surface area contributed by atoms with Crippen molar-refractivity contribution in [1.82, 2.24) is 5.48 Å². The van der Waals surface area contributed by atoms with E-state index in [1.807, 2.05) is 0 Å². The standard InChI is InChI=1S/C13H17NO3/c1-2-3-5-10-12(15)14-17-13(16)11-8-6-4-7-9-11/h4,6-9H,2-3,5,10H2,1H3,(H,14,15). The molecule has 1 amide bonds. The third-order valence-electron chi connectivity index (χ3n) is 2.27. The Morgan fingerprint density at radius 3 is 2.53 bits per heavy atom. The van der Waals surface area contributed by atoms with Crippen LogP contribution in [-0.4, -0.2) is 11.9 Å². The zero-order valence-electron chi connectivity index (χ0n) is 9.94. The lowest BCUT2D eigenvalue weighted by molar-refractivity contribution is -0.130. The summed E-state index contributed by atoms with van der Waals surface area (Å²) >= 11 is 0. The van der Waals surface area contributed by atoms with E-state index in [1.165, 1.54) is 0 Å². The van der Waals surface area contributed by atoms with E-state index < -0.39 is 5.97 Å². The summed E-state index contributed by atoms with van der Waals surface area (Å²) in [5, 5.41) is 0. The fourth-order valence-corrected chi connectivity index (χ4v) is 1.32. The van der Waals surface area contributed by atoms with Crippen molar-refractivity contribution in [2.24, 2.45) is 0 Å². The maximum Gasteiger partial charge on any atom is 0.362 e. The number of benzene rings is 1. The SMILES string of the molecule is CCCCCC(=O)NOC(=O)c1ccccc1. The molecule has 0 saturated carbocycles. The molecule has 0 atom stereocenters. The molecular weight excluding hydrogens is 218 g/mol. The van der Waals surface area contributed by atoms with Crippen molar-refractivity contribution in [3.8, 4) is 0 Å². The summed E-state index contributed by atoms with van der Waals surface area (Å²) in [5.41, 5.74) is 2.57. The predicted octanol–water partition coefficient (Wildman–Crippen LogP) is 2.45. The van der Waals surface area contributed by atoms with Crippen LogP contribution in [0.1, 0.15) is 43.0 Å². The van der Waals surface area contributed by atoms with Crippen molar-refractivity contribution in [2.45, 2.75) is 32.6 Å². The summed E-state index contributed by atoms with van der Waals surface area (Å²) in [5.74, 6) is -0.808. The molecule has 1 aromatic carbocycles. The highest BCUT2D eigenvalue weighted by Gasteiger charge is 2.08. The highest BCUT2D eigenvalue weighted by Crippen LogP contribution is 2.01. The molecule has 1 N–H and O–H groups in total. The summed E-state index contributed by atoms with van der Waals surface area (Å²) in [4.78, 5) is 27.4. The molecule has 0 radical (unpaired) electrons. The van der Waals surface area contributed by atoms with Crippen LogP contribution < -0.4 is 5.48 Å². The lowest BCUT2D eigenvalue weighted by atomic mass is 10.2. The van der Waals surface area contributed by atoms with E-state index in [0.717, 1.165) is 19.3 Å². The maximum absolute atomic E-state index is 11.4. The first-order valence-corrected chi connectivity index (χ1v) is 5.79. The van der Waals surface area contributed by atoms with Crippen LogP contribution >= 0.6 is 0 Å². The summed E-state index contributed by atoms with van der Waals surface area (Å²) in [6, 6.07) is 8.54. The van der Waals surface area contributed by atoms with Gasteiger partial charge in [-0.05, 0) is 18.6 Å². The van der Waals surface area contributed by atoms with Gasteiger partial charge in [0, 0.05) is 6.42 Å². The van der Waals surface area contributed by atoms with Gasteiger partial charge in [-0.1, -0.05) is 38.0 Å². The van der Waals surface area contributed by atoms with Crippen LogP contribution in [0.5, 0.6) is 0 Å². The van der Waals surface area contributed by atoms with Crippen LogP contribution in [-0.2, 0) is 9.63 Å². The first kappa shape index (κ1) is 13.2. The van der Waals surface area contributed by atoms with Gasteiger partial charge in [0.1, 0.15) is 0 Å². The van der Waals surface area contributed by atoms with Crippen molar-refractivity contribution in [3.05, 3.63) is 35.9 Å². The molecule has 17 heavy (non-hydrogen) atoms. The molecule has 0 aliphatic rings. The normalized spacial score (nSPS) is 9.71. The average molecular weight is 235 g/mol. The quantitative estimate of drug-likeness (QED) is 0.630. The minimum Gasteiger partial charge on any atom is -0.335 e. The second kappa shape index (κ2) is 7.44. The van der Waals surface area contributed by atoms with Crippen molar-refractivity contribution in [2.75, 3.05) is 0 Å². The topological polar surface area (TPSA) is 55.4 Å². The molecule has 0 aliphatic heterocycles. The van der Waals surface area contributed by atoms with Gasteiger partial charge in [0.25, 0.3) is 5.91 Å². The van der Waals surface area contributed by atoms with Crippen molar-refractivity contribution >= 4 is 11.9 Å². The lowest BCUT2D eigenvalue weighted by Gasteiger charge is -2.05.